The van der Waals surface area contributed by atoms with Gasteiger partial charge in [-0.2, -0.15) is 0 Å². The first-order valence-electron chi connectivity index (χ1n) is 6.72. The van der Waals surface area contributed by atoms with Gasteiger partial charge in [0, 0.05) is 12.6 Å². The minimum absolute atomic E-state index is 0.0205. The van der Waals surface area contributed by atoms with E-state index in [1.54, 1.807) is 31.2 Å². The predicted molar refractivity (Wildman–Crippen MR) is 81.3 cm³/mol. The van der Waals surface area contributed by atoms with E-state index >= 15 is 0 Å². The van der Waals surface area contributed by atoms with Crippen molar-refractivity contribution in [2.45, 2.75) is 32.2 Å². The largest absolute Gasteiger partial charge is 0.466 e. The fourth-order valence-electron chi connectivity index (χ4n) is 2.06. The van der Waals surface area contributed by atoms with Crippen molar-refractivity contribution in [2.24, 2.45) is 0 Å². The van der Waals surface area contributed by atoms with Gasteiger partial charge >= 0.3 is 5.97 Å². The number of rotatable bonds is 6. The average molecular weight is 288 g/mol. The standard InChI is InChI=1S/C16H20N2O3/c1-4-14(12-6-8-13(17)9-7-12)15(18-11(3)19)10-16(20)21-5-2/h1,6-9,14-15H,5,10,17H2,2-3H3,(H,18,19)/t14-,15-/m1/s1. The maximum absolute atomic E-state index is 11.7. The smallest absolute Gasteiger partial charge is 0.307 e. The van der Waals surface area contributed by atoms with Crippen molar-refractivity contribution in [3.63, 3.8) is 0 Å². The highest BCUT2D eigenvalue weighted by Gasteiger charge is 2.25. The van der Waals surface area contributed by atoms with Gasteiger partial charge in [-0.25, -0.2) is 0 Å². The van der Waals surface area contributed by atoms with E-state index in [1.165, 1.54) is 6.92 Å². The SMILES string of the molecule is C#C[C@H](c1ccc(N)cc1)[C@@H](CC(=O)OCC)NC(C)=O. The molecule has 0 spiro atoms. The van der Waals surface area contributed by atoms with Crippen LogP contribution in [0.3, 0.4) is 0 Å². The van der Waals surface area contributed by atoms with Gasteiger partial charge in [-0.1, -0.05) is 18.1 Å². The third kappa shape index (κ3) is 5.19. The molecular formula is C16H20N2O3. The van der Waals surface area contributed by atoms with Gasteiger partial charge < -0.3 is 15.8 Å². The molecule has 0 aromatic heterocycles. The highest BCUT2D eigenvalue weighted by molar-refractivity contribution is 5.76. The Morgan fingerprint density at radius 2 is 2.00 bits per heavy atom. The summed E-state index contributed by atoms with van der Waals surface area (Å²) in [6, 6.07) is 6.53. The lowest BCUT2D eigenvalue weighted by atomic mass is 9.90. The number of amides is 1. The molecule has 1 aromatic rings. The van der Waals surface area contributed by atoms with Crippen LogP contribution >= 0.6 is 0 Å². The van der Waals surface area contributed by atoms with Crippen molar-refractivity contribution in [1.29, 1.82) is 0 Å². The lowest BCUT2D eigenvalue weighted by Crippen LogP contribution is -2.39. The molecule has 0 aliphatic carbocycles. The topological polar surface area (TPSA) is 81.4 Å². The van der Waals surface area contributed by atoms with Gasteiger partial charge in [0.1, 0.15) is 0 Å². The minimum Gasteiger partial charge on any atom is -0.466 e. The van der Waals surface area contributed by atoms with Gasteiger partial charge in [0.15, 0.2) is 0 Å². The molecule has 1 amide bonds. The molecule has 0 bridgehead atoms. The maximum atomic E-state index is 11.7. The van der Waals surface area contributed by atoms with E-state index in [1.807, 2.05) is 0 Å². The van der Waals surface area contributed by atoms with Crippen molar-refractivity contribution in [2.75, 3.05) is 12.3 Å². The number of hydrogen-bond donors (Lipinski definition) is 2. The zero-order valence-corrected chi connectivity index (χ0v) is 12.3. The zero-order valence-electron chi connectivity index (χ0n) is 12.3. The molecule has 0 fully saturated rings. The number of carbonyl (C=O) groups excluding carboxylic acids is 2. The van der Waals surface area contributed by atoms with Crippen molar-refractivity contribution in [3.8, 4) is 12.3 Å². The van der Waals surface area contributed by atoms with Crippen LogP contribution in [0, 0.1) is 12.3 Å². The molecule has 1 aromatic carbocycles. The van der Waals surface area contributed by atoms with E-state index in [2.05, 4.69) is 11.2 Å². The molecule has 2 atom stereocenters. The second kappa shape index (κ2) is 7.95. The summed E-state index contributed by atoms with van der Waals surface area (Å²) in [6.07, 6.45) is 5.60. The normalized spacial score (nSPS) is 12.8. The lowest BCUT2D eigenvalue weighted by Gasteiger charge is -2.23. The third-order valence-corrected chi connectivity index (χ3v) is 2.96. The molecule has 0 heterocycles. The van der Waals surface area contributed by atoms with Crippen LogP contribution in [-0.2, 0) is 14.3 Å². The summed E-state index contributed by atoms with van der Waals surface area (Å²) >= 11 is 0. The van der Waals surface area contributed by atoms with E-state index in [0.29, 0.717) is 5.69 Å². The van der Waals surface area contributed by atoms with Gasteiger partial charge in [-0.15, -0.1) is 6.42 Å². The Balaban J connectivity index is 2.97. The molecule has 21 heavy (non-hydrogen) atoms. The lowest BCUT2D eigenvalue weighted by molar-refractivity contribution is -0.143. The third-order valence-electron chi connectivity index (χ3n) is 2.96. The Kier molecular flexibility index (Phi) is 6.28. The summed E-state index contributed by atoms with van der Waals surface area (Å²) in [5.41, 5.74) is 7.09. The Bertz CT molecular complexity index is 531. The van der Waals surface area contributed by atoms with Gasteiger partial charge in [0.25, 0.3) is 0 Å². The highest BCUT2D eigenvalue weighted by Crippen LogP contribution is 2.22. The van der Waals surface area contributed by atoms with Crippen LogP contribution in [0.2, 0.25) is 0 Å². The fourth-order valence-corrected chi connectivity index (χ4v) is 2.06. The summed E-state index contributed by atoms with van der Waals surface area (Å²) in [6.45, 7) is 3.40. The second-order valence-corrected chi connectivity index (χ2v) is 4.63. The Labute approximate surface area is 124 Å². The number of nitrogens with two attached hydrogens (primary N) is 1. The number of nitrogen functional groups attached to an aromatic ring is 1. The Hall–Kier alpha value is -2.48. The second-order valence-electron chi connectivity index (χ2n) is 4.63. The quantitative estimate of drug-likeness (QED) is 0.471. The van der Waals surface area contributed by atoms with Gasteiger partial charge in [-0.05, 0) is 24.6 Å². The number of carbonyl (C=O) groups is 2. The van der Waals surface area contributed by atoms with Crippen LogP contribution in [-0.4, -0.2) is 24.5 Å². The van der Waals surface area contributed by atoms with Gasteiger partial charge in [0.05, 0.1) is 25.0 Å². The number of anilines is 1. The Morgan fingerprint density at radius 1 is 1.38 bits per heavy atom. The van der Waals surface area contributed by atoms with Crippen LogP contribution in [0.15, 0.2) is 24.3 Å². The summed E-state index contributed by atoms with van der Waals surface area (Å²) in [4.78, 5) is 23.0. The molecule has 5 heteroatoms. The first kappa shape index (κ1) is 16.6. The van der Waals surface area contributed by atoms with Gasteiger partial charge in [0.2, 0.25) is 5.91 Å². The van der Waals surface area contributed by atoms with Crippen molar-refractivity contribution in [3.05, 3.63) is 29.8 Å². The first-order chi connectivity index (χ1) is 9.97. The van der Waals surface area contributed by atoms with Crippen LogP contribution in [0.1, 0.15) is 31.7 Å². The summed E-state index contributed by atoms with van der Waals surface area (Å²) < 4.78 is 4.92. The molecule has 0 unspecified atom stereocenters. The fraction of sp³-hybridized carbons (Fsp3) is 0.375. The van der Waals surface area contributed by atoms with Crippen LogP contribution < -0.4 is 11.1 Å². The van der Waals surface area contributed by atoms with Crippen molar-refractivity contribution < 1.29 is 14.3 Å². The summed E-state index contributed by atoms with van der Waals surface area (Å²) in [7, 11) is 0. The first-order valence-corrected chi connectivity index (χ1v) is 6.72. The molecular weight excluding hydrogens is 268 g/mol. The number of hydrogen-bond acceptors (Lipinski definition) is 4. The predicted octanol–water partition coefficient (Wildman–Crippen LogP) is 1.44. The Morgan fingerprint density at radius 3 is 2.48 bits per heavy atom. The van der Waals surface area contributed by atoms with Crippen molar-refractivity contribution >= 4 is 17.6 Å². The number of benzene rings is 1. The number of esters is 1. The molecule has 112 valence electrons. The van der Waals surface area contributed by atoms with Crippen LogP contribution in [0.5, 0.6) is 0 Å². The molecule has 0 aliphatic heterocycles. The molecule has 0 radical (unpaired) electrons. The van der Waals surface area contributed by atoms with E-state index in [0.717, 1.165) is 5.56 Å². The molecule has 3 N–H and O–H groups in total. The van der Waals surface area contributed by atoms with E-state index < -0.39 is 17.9 Å². The molecule has 0 aliphatic rings. The molecule has 0 saturated carbocycles. The number of nitrogens with one attached hydrogen (secondary N) is 1. The average Bonchev–Trinajstić information content (AvgIpc) is 2.41. The molecule has 1 rings (SSSR count). The van der Waals surface area contributed by atoms with E-state index in [4.69, 9.17) is 16.9 Å². The summed E-state index contributed by atoms with van der Waals surface area (Å²) in [5.74, 6) is 1.55. The minimum atomic E-state index is -0.518. The van der Waals surface area contributed by atoms with Crippen LogP contribution in [0.25, 0.3) is 0 Å². The molecule has 5 nitrogen and oxygen atoms in total. The zero-order chi connectivity index (χ0) is 15.8. The molecule has 0 saturated heterocycles. The number of ether oxygens (including phenoxy) is 1. The van der Waals surface area contributed by atoms with Crippen LogP contribution in [0.4, 0.5) is 5.69 Å². The van der Waals surface area contributed by atoms with Crippen molar-refractivity contribution in [1.82, 2.24) is 5.32 Å². The number of terminal acetylenes is 1. The van der Waals surface area contributed by atoms with E-state index in [-0.39, 0.29) is 18.9 Å². The monoisotopic (exact) mass is 288 g/mol. The maximum Gasteiger partial charge on any atom is 0.307 e. The summed E-state index contributed by atoms with van der Waals surface area (Å²) in [5, 5.41) is 2.72. The highest BCUT2D eigenvalue weighted by atomic mass is 16.5. The van der Waals surface area contributed by atoms with Gasteiger partial charge in [-0.3, -0.25) is 9.59 Å². The van der Waals surface area contributed by atoms with E-state index in [9.17, 15) is 9.59 Å².